The van der Waals surface area contributed by atoms with Gasteiger partial charge in [-0.05, 0) is 45.6 Å². The van der Waals surface area contributed by atoms with Gasteiger partial charge in [0.25, 0.3) is 0 Å². The third-order valence-corrected chi connectivity index (χ3v) is 9.62. The molecule has 19 nitrogen and oxygen atoms in total. The van der Waals surface area contributed by atoms with E-state index in [1.165, 1.54) is 44.9 Å². The fraction of sp³-hybridized carbons (Fsp3) is 0.833. The highest BCUT2D eigenvalue weighted by Crippen LogP contribution is 2.14. The molecule has 0 aromatic heterocycles. The molecule has 0 aromatic carbocycles. The molecule has 2 unspecified atom stereocenters. The number of likely N-dealkylation sites (N-methyl/N-ethyl adjacent to an activating group) is 1. The number of primary amides is 1. The predicted octanol–water partition coefficient (Wildman–Crippen LogP) is 2.32. The number of ether oxygens (including phenoxy) is 4. The Labute approximate surface area is 362 Å². The van der Waals surface area contributed by atoms with Crippen molar-refractivity contribution in [3.8, 4) is 0 Å². The zero-order valence-electron chi connectivity index (χ0n) is 36.7. The first-order valence-corrected chi connectivity index (χ1v) is 22.3. The molecule has 0 heterocycles. The molecular weight excluding hydrogens is 796 g/mol. The van der Waals surface area contributed by atoms with Crippen molar-refractivity contribution in [2.45, 2.75) is 147 Å². The zero-order chi connectivity index (χ0) is 45.2. The van der Waals surface area contributed by atoms with Crippen LogP contribution in [0.4, 0.5) is 0 Å². The number of carboxylic acids is 2. The maximum atomic E-state index is 12.3. The number of amides is 5. The SMILES string of the molecule is CNC(CCCCNC(=O)COCCOCCNC(=O)COCCOCCNC(=O)CCC(NC(=O)CCCCCCCCCCCCCCCCC(=O)O)C(=O)O)C(N)=O. The minimum Gasteiger partial charge on any atom is -0.481 e. The highest BCUT2D eigenvalue weighted by molar-refractivity contribution is 5.84. The largest absolute Gasteiger partial charge is 0.481 e. The van der Waals surface area contributed by atoms with Crippen LogP contribution in [0.15, 0.2) is 0 Å². The molecule has 0 saturated heterocycles. The Balaban J connectivity index is 3.65. The van der Waals surface area contributed by atoms with Gasteiger partial charge < -0.3 is 61.5 Å². The van der Waals surface area contributed by atoms with Crippen LogP contribution >= 0.6 is 0 Å². The molecule has 2 atom stereocenters. The van der Waals surface area contributed by atoms with Crippen LogP contribution in [0.1, 0.15) is 135 Å². The van der Waals surface area contributed by atoms with E-state index in [0.29, 0.717) is 25.8 Å². The predicted molar refractivity (Wildman–Crippen MR) is 229 cm³/mol. The standard InChI is InChI=1S/C42H78N6O13/c1-44-34(41(43)55)18-16-17-23-45-38(51)32-60-30-29-59-27-25-47-39(52)33-61-31-28-58-26-24-46-36(49)22-21-35(42(56)57)48-37(50)19-14-12-10-8-6-4-2-3-5-7-9-11-13-15-20-40(53)54/h34-35,44H,2-33H2,1H3,(H2,43,55)(H,45,51)(H,46,49)(H,47,52)(H,48,50)(H,53,54)(H,56,57). The van der Waals surface area contributed by atoms with Crippen molar-refractivity contribution in [3.05, 3.63) is 0 Å². The Hall–Kier alpha value is -3.91. The summed E-state index contributed by atoms with van der Waals surface area (Å²) in [5.41, 5.74) is 5.27. The van der Waals surface area contributed by atoms with E-state index in [2.05, 4.69) is 26.6 Å². The van der Waals surface area contributed by atoms with Gasteiger partial charge in [-0.2, -0.15) is 0 Å². The molecule has 0 radical (unpaired) electrons. The Morgan fingerprint density at radius 2 is 0.902 bits per heavy atom. The van der Waals surface area contributed by atoms with Crippen LogP contribution in [-0.2, 0) is 52.5 Å². The summed E-state index contributed by atoms with van der Waals surface area (Å²) in [6.45, 7) is 1.99. The Bertz CT molecular complexity index is 1200. The van der Waals surface area contributed by atoms with E-state index in [1.54, 1.807) is 7.05 Å². The van der Waals surface area contributed by atoms with Crippen molar-refractivity contribution in [1.82, 2.24) is 26.6 Å². The minimum absolute atomic E-state index is 0.0281. The van der Waals surface area contributed by atoms with E-state index in [4.69, 9.17) is 29.8 Å². The van der Waals surface area contributed by atoms with E-state index in [-0.39, 0.29) is 121 Å². The molecular formula is C42H78N6O13. The molecule has 0 spiro atoms. The molecule has 0 aliphatic heterocycles. The fourth-order valence-electron chi connectivity index (χ4n) is 6.10. The summed E-state index contributed by atoms with van der Waals surface area (Å²) in [6.07, 6.45) is 17.5. The third kappa shape index (κ3) is 40.0. The quantitative estimate of drug-likeness (QED) is 0.0408. The molecule has 5 amide bonds. The zero-order valence-corrected chi connectivity index (χ0v) is 36.7. The minimum atomic E-state index is -1.18. The molecule has 0 rings (SSSR count). The number of hydrogen-bond donors (Lipinski definition) is 8. The maximum Gasteiger partial charge on any atom is 0.326 e. The highest BCUT2D eigenvalue weighted by Gasteiger charge is 2.21. The molecule has 354 valence electrons. The van der Waals surface area contributed by atoms with Gasteiger partial charge in [-0.15, -0.1) is 0 Å². The number of nitrogens with one attached hydrogen (secondary N) is 5. The summed E-state index contributed by atoms with van der Waals surface area (Å²) >= 11 is 0. The van der Waals surface area contributed by atoms with Crippen LogP contribution in [0.5, 0.6) is 0 Å². The van der Waals surface area contributed by atoms with Gasteiger partial charge in [0.15, 0.2) is 0 Å². The van der Waals surface area contributed by atoms with Gasteiger partial charge in [-0.25, -0.2) is 4.79 Å². The lowest BCUT2D eigenvalue weighted by molar-refractivity contribution is -0.142. The summed E-state index contributed by atoms with van der Waals surface area (Å²) in [6, 6.07) is -1.52. The van der Waals surface area contributed by atoms with Crippen LogP contribution in [-0.4, -0.2) is 143 Å². The lowest BCUT2D eigenvalue weighted by Gasteiger charge is -2.14. The van der Waals surface area contributed by atoms with Gasteiger partial charge in [0.1, 0.15) is 19.3 Å². The van der Waals surface area contributed by atoms with E-state index in [0.717, 1.165) is 44.9 Å². The normalized spacial score (nSPS) is 12.0. The summed E-state index contributed by atoms with van der Waals surface area (Å²) < 4.78 is 21.3. The van der Waals surface area contributed by atoms with Crippen molar-refractivity contribution < 1.29 is 62.7 Å². The molecule has 0 fully saturated rings. The molecule has 0 bridgehead atoms. The van der Waals surface area contributed by atoms with Crippen molar-refractivity contribution >= 4 is 41.5 Å². The van der Waals surface area contributed by atoms with Crippen LogP contribution < -0.4 is 32.3 Å². The summed E-state index contributed by atoms with van der Waals surface area (Å²) in [4.78, 5) is 81.6. The monoisotopic (exact) mass is 875 g/mol. The Morgan fingerprint density at radius 3 is 1.36 bits per heavy atom. The number of nitrogens with two attached hydrogens (primary N) is 1. The number of carbonyl (C=O) groups excluding carboxylic acids is 5. The summed E-state index contributed by atoms with van der Waals surface area (Å²) in [5.74, 6) is -3.55. The number of aliphatic carboxylic acids is 2. The molecule has 0 aliphatic rings. The average molecular weight is 875 g/mol. The lowest BCUT2D eigenvalue weighted by atomic mass is 10.0. The van der Waals surface area contributed by atoms with Crippen molar-refractivity contribution in [2.75, 3.05) is 79.5 Å². The highest BCUT2D eigenvalue weighted by atomic mass is 16.5. The molecule has 9 N–H and O–H groups in total. The molecule has 0 saturated carbocycles. The molecule has 61 heavy (non-hydrogen) atoms. The van der Waals surface area contributed by atoms with Gasteiger partial charge in [-0.3, -0.25) is 28.8 Å². The van der Waals surface area contributed by atoms with Crippen molar-refractivity contribution in [3.63, 3.8) is 0 Å². The van der Waals surface area contributed by atoms with Gasteiger partial charge in [0.2, 0.25) is 29.5 Å². The molecule has 0 aliphatic carbocycles. The maximum absolute atomic E-state index is 12.3. The summed E-state index contributed by atoms with van der Waals surface area (Å²) in [5, 5.41) is 31.6. The second-order valence-electron chi connectivity index (χ2n) is 15.0. The Morgan fingerprint density at radius 1 is 0.459 bits per heavy atom. The molecule has 19 heteroatoms. The number of unbranched alkanes of at least 4 members (excludes halogenated alkanes) is 14. The first-order chi connectivity index (χ1) is 29.5. The fourth-order valence-corrected chi connectivity index (χ4v) is 6.10. The van der Waals surface area contributed by atoms with Gasteiger partial charge in [0, 0.05) is 38.9 Å². The lowest BCUT2D eigenvalue weighted by Crippen LogP contribution is -2.41. The first-order valence-electron chi connectivity index (χ1n) is 22.3. The van der Waals surface area contributed by atoms with Crippen molar-refractivity contribution in [2.24, 2.45) is 5.73 Å². The Kier molecular flexibility index (Phi) is 38.8. The van der Waals surface area contributed by atoms with E-state index in [1.807, 2.05) is 0 Å². The number of carboxylic acid groups (broad SMARTS) is 2. The van der Waals surface area contributed by atoms with Gasteiger partial charge in [-0.1, -0.05) is 77.0 Å². The van der Waals surface area contributed by atoms with Crippen LogP contribution in [0, 0.1) is 0 Å². The average Bonchev–Trinajstić information content (AvgIpc) is 3.22. The first kappa shape index (κ1) is 57.1. The second-order valence-corrected chi connectivity index (χ2v) is 15.0. The van der Waals surface area contributed by atoms with E-state index >= 15 is 0 Å². The topological polar surface area (TPSA) is 283 Å². The number of hydrogen-bond acceptors (Lipinski definition) is 12. The smallest absolute Gasteiger partial charge is 0.326 e. The number of carbonyl (C=O) groups is 7. The van der Waals surface area contributed by atoms with Crippen LogP contribution in [0.25, 0.3) is 0 Å². The van der Waals surface area contributed by atoms with Gasteiger partial charge >= 0.3 is 11.9 Å². The number of rotatable bonds is 45. The van der Waals surface area contributed by atoms with E-state index in [9.17, 15) is 38.7 Å². The van der Waals surface area contributed by atoms with Crippen LogP contribution in [0.2, 0.25) is 0 Å². The van der Waals surface area contributed by atoms with Gasteiger partial charge in [0.05, 0.1) is 45.7 Å². The van der Waals surface area contributed by atoms with Crippen LogP contribution in [0.3, 0.4) is 0 Å². The molecule has 0 aromatic rings. The van der Waals surface area contributed by atoms with E-state index < -0.39 is 23.9 Å². The third-order valence-electron chi connectivity index (χ3n) is 9.62. The second kappa shape index (κ2) is 41.4. The van der Waals surface area contributed by atoms with Crippen molar-refractivity contribution in [1.29, 1.82) is 0 Å². The summed E-state index contributed by atoms with van der Waals surface area (Å²) in [7, 11) is 1.67.